The SMILES string of the molecule is CC(C)(C)OC(=O)NC(Cc1ccc(-c2cc(Cl)nc([AsH2])n2)cc1)C(=O)O. The number of benzene rings is 1. The van der Waals surface area contributed by atoms with Gasteiger partial charge in [0.2, 0.25) is 0 Å². The van der Waals surface area contributed by atoms with E-state index >= 15 is 0 Å². The number of carbonyl (C=O) groups excluding carboxylic acids is 1. The Bertz CT molecular complexity index is 817. The molecule has 0 fully saturated rings. The summed E-state index contributed by atoms with van der Waals surface area (Å²) in [7, 11) is 0. The predicted molar refractivity (Wildman–Crippen MR) is 105 cm³/mol. The maximum absolute atomic E-state index is 11.8. The van der Waals surface area contributed by atoms with Gasteiger partial charge in [0.05, 0.1) is 0 Å². The van der Waals surface area contributed by atoms with Crippen LogP contribution in [0.25, 0.3) is 11.3 Å². The van der Waals surface area contributed by atoms with E-state index in [1.54, 1.807) is 39.0 Å². The van der Waals surface area contributed by atoms with Gasteiger partial charge in [0.1, 0.15) is 5.60 Å². The molecule has 0 radical (unpaired) electrons. The molecule has 0 saturated heterocycles. The molecule has 7 nitrogen and oxygen atoms in total. The average molecular weight is 454 g/mol. The van der Waals surface area contributed by atoms with E-state index in [4.69, 9.17) is 16.3 Å². The molecule has 1 heterocycles. The summed E-state index contributed by atoms with van der Waals surface area (Å²) in [6.45, 7) is 5.13. The zero-order valence-electron chi connectivity index (χ0n) is 15.2. The Kier molecular flexibility index (Phi) is 6.84. The quantitative estimate of drug-likeness (QED) is 0.526. The first-order chi connectivity index (χ1) is 12.5. The molecule has 1 aromatic heterocycles. The Morgan fingerprint density at radius 3 is 2.41 bits per heavy atom. The van der Waals surface area contributed by atoms with Crippen molar-refractivity contribution in [1.82, 2.24) is 15.3 Å². The summed E-state index contributed by atoms with van der Waals surface area (Å²) in [5.74, 6) is -1.13. The molecular formula is C18H21AsClN3O4. The number of aliphatic carboxylic acids is 1. The number of nitrogens with one attached hydrogen (secondary N) is 1. The first kappa shape index (κ1) is 21.2. The number of amides is 1. The van der Waals surface area contributed by atoms with Gasteiger partial charge in [0.25, 0.3) is 0 Å². The Hall–Kier alpha value is -2.11. The van der Waals surface area contributed by atoms with Crippen LogP contribution in [0.1, 0.15) is 26.3 Å². The van der Waals surface area contributed by atoms with Crippen LogP contribution in [0.4, 0.5) is 4.79 Å². The van der Waals surface area contributed by atoms with Crippen molar-refractivity contribution in [3.8, 4) is 11.3 Å². The van der Waals surface area contributed by atoms with Crippen LogP contribution in [-0.2, 0) is 16.0 Å². The van der Waals surface area contributed by atoms with Gasteiger partial charge in [-0.15, -0.1) is 0 Å². The summed E-state index contributed by atoms with van der Waals surface area (Å²) in [5.41, 5.74) is 1.59. The third-order valence-corrected chi connectivity index (χ3v) is 4.13. The number of carbonyl (C=O) groups is 2. The summed E-state index contributed by atoms with van der Waals surface area (Å²) in [6.07, 6.45) is -0.638. The fraction of sp³-hybridized carbons (Fsp3) is 0.333. The molecule has 1 aromatic carbocycles. The van der Waals surface area contributed by atoms with E-state index in [0.717, 1.165) is 11.1 Å². The average Bonchev–Trinajstić information content (AvgIpc) is 2.52. The number of alkyl carbamates (subject to hydrolysis) is 1. The molecule has 27 heavy (non-hydrogen) atoms. The van der Waals surface area contributed by atoms with Crippen LogP contribution in [0.2, 0.25) is 5.15 Å². The molecule has 2 rings (SSSR count). The zero-order chi connectivity index (χ0) is 20.2. The zero-order valence-corrected chi connectivity index (χ0v) is 18.4. The maximum atomic E-state index is 11.8. The monoisotopic (exact) mass is 453 g/mol. The van der Waals surface area contributed by atoms with Gasteiger partial charge in [0, 0.05) is 0 Å². The minimum absolute atomic E-state index is 0.127. The van der Waals surface area contributed by atoms with Gasteiger partial charge in [-0.3, -0.25) is 0 Å². The number of rotatable bonds is 5. The van der Waals surface area contributed by atoms with Crippen molar-refractivity contribution in [3.63, 3.8) is 0 Å². The Balaban J connectivity index is 2.10. The summed E-state index contributed by atoms with van der Waals surface area (Å²) in [4.78, 5) is 31.7. The number of nitrogens with zero attached hydrogens (tertiary/aromatic N) is 2. The second-order valence-electron chi connectivity index (χ2n) is 6.87. The summed E-state index contributed by atoms with van der Waals surface area (Å²) in [5, 5.41) is 12.1. The van der Waals surface area contributed by atoms with E-state index in [0.29, 0.717) is 15.5 Å². The molecule has 0 saturated carbocycles. The number of carboxylic acid groups (broad SMARTS) is 1. The van der Waals surface area contributed by atoms with Crippen molar-refractivity contribution in [2.75, 3.05) is 0 Å². The second-order valence-corrected chi connectivity index (χ2v) is 8.34. The number of carboxylic acids is 1. The van der Waals surface area contributed by atoms with E-state index in [-0.39, 0.29) is 6.42 Å². The molecule has 0 aliphatic rings. The van der Waals surface area contributed by atoms with E-state index in [9.17, 15) is 14.7 Å². The topological polar surface area (TPSA) is 101 Å². The molecule has 9 heteroatoms. The summed E-state index contributed by atoms with van der Waals surface area (Å²) >= 11 is 7.24. The molecule has 0 bridgehead atoms. The van der Waals surface area contributed by atoms with Gasteiger partial charge in [-0.2, -0.15) is 0 Å². The van der Waals surface area contributed by atoms with Crippen LogP contribution in [0.5, 0.6) is 0 Å². The summed E-state index contributed by atoms with van der Waals surface area (Å²) < 4.78 is 5.74. The Labute approximate surface area is 171 Å². The van der Waals surface area contributed by atoms with Gasteiger partial charge in [-0.1, -0.05) is 0 Å². The van der Waals surface area contributed by atoms with Crippen LogP contribution in [0, 0.1) is 0 Å². The third kappa shape index (κ3) is 6.85. The van der Waals surface area contributed by atoms with Crippen LogP contribution in [-0.4, -0.2) is 55.6 Å². The van der Waals surface area contributed by atoms with Gasteiger partial charge in [-0.05, 0) is 20.8 Å². The van der Waals surface area contributed by atoms with Crippen molar-refractivity contribution < 1.29 is 19.4 Å². The second kappa shape index (κ2) is 8.72. The Morgan fingerprint density at radius 1 is 1.26 bits per heavy atom. The number of aromatic nitrogens is 2. The van der Waals surface area contributed by atoms with E-state index < -0.39 is 23.7 Å². The first-order valence-corrected chi connectivity index (χ1v) is 9.74. The number of hydrogen-bond donors (Lipinski definition) is 2. The van der Waals surface area contributed by atoms with E-state index in [2.05, 4.69) is 15.3 Å². The molecule has 0 spiro atoms. The molecule has 2 unspecified atom stereocenters. The van der Waals surface area contributed by atoms with Crippen molar-refractivity contribution >= 4 is 45.1 Å². The van der Waals surface area contributed by atoms with Crippen molar-refractivity contribution in [1.29, 1.82) is 0 Å². The number of hydrogen-bond acceptors (Lipinski definition) is 5. The van der Waals surface area contributed by atoms with Crippen LogP contribution >= 0.6 is 11.6 Å². The summed E-state index contributed by atoms with van der Waals surface area (Å²) in [6, 6.07) is 7.81. The normalized spacial score (nSPS) is 12.3. The van der Waals surface area contributed by atoms with Crippen LogP contribution in [0.15, 0.2) is 30.3 Å². The van der Waals surface area contributed by atoms with Gasteiger partial charge >= 0.3 is 145 Å². The molecule has 0 aliphatic heterocycles. The molecule has 144 valence electrons. The van der Waals surface area contributed by atoms with E-state index in [1.807, 2.05) is 12.1 Å². The number of halogens is 1. The van der Waals surface area contributed by atoms with Crippen LogP contribution < -0.4 is 9.93 Å². The third-order valence-electron chi connectivity index (χ3n) is 3.39. The minimum atomic E-state index is -1.13. The predicted octanol–water partition coefficient (Wildman–Crippen LogP) is 1.58. The molecule has 2 aromatic rings. The number of ether oxygens (including phenoxy) is 1. The van der Waals surface area contributed by atoms with Gasteiger partial charge < -0.3 is 0 Å². The van der Waals surface area contributed by atoms with Crippen molar-refractivity contribution in [2.24, 2.45) is 0 Å². The van der Waals surface area contributed by atoms with Gasteiger partial charge in [0.15, 0.2) is 0 Å². The molecule has 2 N–H and O–H groups in total. The van der Waals surface area contributed by atoms with Crippen molar-refractivity contribution in [2.45, 2.75) is 38.8 Å². The van der Waals surface area contributed by atoms with E-state index in [1.165, 1.54) is 16.9 Å². The van der Waals surface area contributed by atoms with Crippen molar-refractivity contribution in [3.05, 3.63) is 41.0 Å². The standard InChI is InChI=1S/C18H21AsClN3O4/c1-18(2,3)27-17(26)22-13(15(24)25)8-10-4-6-11(7-5-10)12-9-14(20)23-16(19)21-12/h4-7,9,13H,8,19H2,1-3H3,(H,22,26)(H,24,25). The van der Waals surface area contributed by atoms with Crippen LogP contribution in [0.3, 0.4) is 0 Å². The van der Waals surface area contributed by atoms with Gasteiger partial charge in [-0.25, -0.2) is 0 Å². The molecule has 2 atom stereocenters. The molecule has 0 aliphatic carbocycles. The fourth-order valence-electron chi connectivity index (χ4n) is 2.28. The molecular weight excluding hydrogens is 433 g/mol. The molecule has 1 amide bonds. The Morgan fingerprint density at radius 2 is 1.89 bits per heavy atom. The first-order valence-electron chi connectivity index (χ1n) is 8.15. The fourth-order valence-corrected chi connectivity index (χ4v) is 3.23.